The fourth-order valence-corrected chi connectivity index (χ4v) is 3.15. The average Bonchev–Trinajstić information content (AvgIpc) is 2.91. The number of halogens is 1. The summed E-state index contributed by atoms with van der Waals surface area (Å²) in [5.74, 6) is 0.412. The second-order valence-electron chi connectivity index (χ2n) is 5.74. The normalized spacial score (nSPS) is 10.7. The minimum Gasteiger partial charge on any atom is -0.495 e. The van der Waals surface area contributed by atoms with Gasteiger partial charge >= 0.3 is 0 Å². The molecule has 2 aromatic carbocycles. The molecule has 5 nitrogen and oxygen atoms in total. The molecule has 0 fully saturated rings. The number of rotatable bonds is 5. The number of fused-ring (bicyclic) bond motifs is 1. The second kappa shape index (κ2) is 7.11. The van der Waals surface area contributed by atoms with Crippen LogP contribution in [0.5, 0.6) is 5.75 Å². The van der Waals surface area contributed by atoms with Gasteiger partial charge in [0.05, 0.1) is 12.8 Å². The summed E-state index contributed by atoms with van der Waals surface area (Å²) < 4.78 is 7.93. The van der Waals surface area contributed by atoms with Gasteiger partial charge in [0.15, 0.2) is 6.29 Å². The number of nitrogens with zero attached hydrogens (tertiary/aromatic N) is 1. The fraction of sp³-hybridized carbons (Fsp3) is 0.158. The Morgan fingerprint density at radius 2 is 2.08 bits per heavy atom. The zero-order valence-corrected chi connectivity index (χ0v) is 15.5. The molecule has 6 heteroatoms. The second-order valence-corrected chi connectivity index (χ2v) is 6.66. The summed E-state index contributed by atoms with van der Waals surface area (Å²) in [7, 11) is 1.56. The molecule has 25 heavy (non-hydrogen) atoms. The molecule has 1 amide bonds. The molecule has 0 atom stereocenters. The van der Waals surface area contributed by atoms with E-state index in [2.05, 4.69) is 21.2 Å². The van der Waals surface area contributed by atoms with E-state index in [1.807, 2.05) is 43.3 Å². The molecular formula is C19H17BrN2O3. The first-order valence-electron chi connectivity index (χ1n) is 7.70. The third kappa shape index (κ3) is 3.58. The van der Waals surface area contributed by atoms with Gasteiger partial charge in [-0.15, -0.1) is 0 Å². The summed E-state index contributed by atoms with van der Waals surface area (Å²) in [6.07, 6.45) is 2.49. The molecule has 0 unspecified atom stereocenters. The van der Waals surface area contributed by atoms with Gasteiger partial charge in [-0.25, -0.2) is 0 Å². The lowest BCUT2D eigenvalue weighted by Gasteiger charge is -2.12. The predicted octanol–water partition coefficient (Wildman–Crippen LogP) is 4.17. The number of aromatic nitrogens is 1. The van der Waals surface area contributed by atoms with Gasteiger partial charge < -0.3 is 14.6 Å². The Balaban J connectivity index is 1.88. The summed E-state index contributed by atoms with van der Waals surface area (Å²) in [5, 5.41) is 3.68. The first-order valence-corrected chi connectivity index (χ1v) is 8.49. The zero-order chi connectivity index (χ0) is 18.0. The number of hydrogen-bond donors (Lipinski definition) is 1. The van der Waals surface area contributed by atoms with Crippen LogP contribution >= 0.6 is 15.9 Å². The fourth-order valence-electron chi connectivity index (χ4n) is 2.79. The third-order valence-electron chi connectivity index (χ3n) is 3.94. The van der Waals surface area contributed by atoms with Gasteiger partial charge in [0.2, 0.25) is 5.91 Å². The molecule has 1 heterocycles. The van der Waals surface area contributed by atoms with E-state index in [1.165, 1.54) is 0 Å². The summed E-state index contributed by atoms with van der Waals surface area (Å²) in [6, 6.07) is 11.2. The van der Waals surface area contributed by atoms with Crippen molar-refractivity contribution in [3.05, 3.63) is 58.2 Å². The van der Waals surface area contributed by atoms with Crippen molar-refractivity contribution in [1.29, 1.82) is 0 Å². The number of carbonyl (C=O) groups is 2. The highest BCUT2D eigenvalue weighted by Gasteiger charge is 2.13. The lowest BCUT2D eigenvalue weighted by molar-refractivity contribution is -0.116. The number of methoxy groups -OCH3 is 1. The first-order chi connectivity index (χ1) is 12.0. The molecule has 1 N–H and O–H groups in total. The molecule has 0 aliphatic heterocycles. The van der Waals surface area contributed by atoms with E-state index in [-0.39, 0.29) is 12.5 Å². The number of aldehydes is 1. The zero-order valence-electron chi connectivity index (χ0n) is 13.9. The van der Waals surface area contributed by atoms with Crippen LogP contribution in [0, 0.1) is 6.92 Å². The van der Waals surface area contributed by atoms with Crippen LogP contribution in [0.3, 0.4) is 0 Å². The number of hydrogen-bond acceptors (Lipinski definition) is 3. The lowest BCUT2D eigenvalue weighted by atomic mass is 10.2. The maximum absolute atomic E-state index is 12.5. The van der Waals surface area contributed by atoms with Crippen molar-refractivity contribution in [1.82, 2.24) is 4.57 Å². The van der Waals surface area contributed by atoms with E-state index < -0.39 is 0 Å². The Morgan fingerprint density at radius 3 is 2.80 bits per heavy atom. The van der Waals surface area contributed by atoms with Gasteiger partial charge in [0, 0.05) is 27.1 Å². The van der Waals surface area contributed by atoms with Crippen molar-refractivity contribution in [2.45, 2.75) is 13.5 Å². The SMILES string of the molecule is COc1ccc(C)cc1NC(=O)Cn1cc(C=O)c2cc(Br)ccc21. The molecule has 0 aliphatic rings. The molecule has 3 rings (SSSR count). The van der Waals surface area contributed by atoms with Gasteiger partial charge in [-0.05, 0) is 42.8 Å². The summed E-state index contributed by atoms with van der Waals surface area (Å²) in [5.41, 5.74) is 3.03. The molecule has 3 aromatic rings. The van der Waals surface area contributed by atoms with Crippen molar-refractivity contribution >= 4 is 44.7 Å². The molecular weight excluding hydrogens is 384 g/mol. The van der Waals surface area contributed by atoms with E-state index in [0.29, 0.717) is 17.0 Å². The Hall–Kier alpha value is -2.60. The van der Waals surface area contributed by atoms with Crippen molar-refractivity contribution in [3.8, 4) is 5.75 Å². The van der Waals surface area contributed by atoms with Crippen molar-refractivity contribution in [2.24, 2.45) is 0 Å². The van der Waals surface area contributed by atoms with E-state index in [4.69, 9.17) is 4.74 Å². The molecule has 1 aromatic heterocycles. The Kier molecular flexibility index (Phi) is 4.90. The van der Waals surface area contributed by atoms with Crippen molar-refractivity contribution in [2.75, 3.05) is 12.4 Å². The van der Waals surface area contributed by atoms with Crippen molar-refractivity contribution < 1.29 is 14.3 Å². The predicted molar refractivity (Wildman–Crippen MR) is 101 cm³/mol. The molecule has 0 spiro atoms. The highest BCUT2D eigenvalue weighted by molar-refractivity contribution is 9.10. The number of nitrogens with one attached hydrogen (secondary N) is 1. The number of aryl methyl sites for hydroxylation is 1. The molecule has 0 saturated heterocycles. The largest absolute Gasteiger partial charge is 0.495 e. The highest BCUT2D eigenvalue weighted by atomic mass is 79.9. The molecule has 0 aliphatic carbocycles. The monoisotopic (exact) mass is 400 g/mol. The van der Waals surface area contributed by atoms with Gasteiger partial charge in [-0.2, -0.15) is 0 Å². The van der Waals surface area contributed by atoms with Crippen LogP contribution in [0.4, 0.5) is 5.69 Å². The third-order valence-corrected chi connectivity index (χ3v) is 4.44. The van der Waals surface area contributed by atoms with E-state index in [9.17, 15) is 9.59 Å². The van der Waals surface area contributed by atoms with E-state index >= 15 is 0 Å². The standard InChI is InChI=1S/C19H17BrN2O3/c1-12-3-6-18(25-2)16(7-12)21-19(24)10-22-9-13(11-23)15-8-14(20)4-5-17(15)22/h3-9,11H,10H2,1-2H3,(H,21,24). The van der Waals surface area contributed by atoms with Crippen molar-refractivity contribution in [3.63, 3.8) is 0 Å². The van der Waals surface area contributed by atoms with Gasteiger partial charge in [-0.3, -0.25) is 9.59 Å². The number of benzene rings is 2. The maximum Gasteiger partial charge on any atom is 0.244 e. The Morgan fingerprint density at radius 1 is 1.28 bits per heavy atom. The minimum absolute atomic E-state index is 0.100. The maximum atomic E-state index is 12.5. The lowest BCUT2D eigenvalue weighted by Crippen LogP contribution is -2.18. The number of anilines is 1. The molecule has 0 bridgehead atoms. The number of carbonyl (C=O) groups excluding carboxylic acids is 2. The highest BCUT2D eigenvalue weighted by Crippen LogP contribution is 2.26. The van der Waals surface area contributed by atoms with Crippen LogP contribution in [-0.4, -0.2) is 23.9 Å². The van der Waals surface area contributed by atoms with Crippen LogP contribution in [-0.2, 0) is 11.3 Å². The quantitative estimate of drug-likeness (QED) is 0.653. The Labute approximate surface area is 153 Å². The van der Waals surface area contributed by atoms with Crippen LogP contribution in [0.25, 0.3) is 10.9 Å². The van der Waals surface area contributed by atoms with Gasteiger partial charge in [0.25, 0.3) is 0 Å². The van der Waals surface area contributed by atoms with Gasteiger partial charge in [0.1, 0.15) is 12.3 Å². The smallest absolute Gasteiger partial charge is 0.244 e. The van der Waals surface area contributed by atoms with Crippen LogP contribution in [0.2, 0.25) is 0 Å². The number of amides is 1. The Bertz CT molecular complexity index is 963. The van der Waals surface area contributed by atoms with E-state index in [1.54, 1.807) is 17.9 Å². The number of ether oxygens (including phenoxy) is 1. The summed E-state index contributed by atoms with van der Waals surface area (Å²) in [6.45, 7) is 2.05. The van der Waals surface area contributed by atoms with Crippen LogP contribution < -0.4 is 10.1 Å². The summed E-state index contributed by atoms with van der Waals surface area (Å²) in [4.78, 5) is 23.8. The summed E-state index contributed by atoms with van der Waals surface area (Å²) >= 11 is 3.40. The molecule has 0 radical (unpaired) electrons. The van der Waals surface area contributed by atoms with Crippen LogP contribution in [0.15, 0.2) is 47.1 Å². The molecule has 128 valence electrons. The van der Waals surface area contributed by atoms with Gasteiger partial charge in [-0.1, -0.05) is 22.0 Å². The average molecular weight is 401 g/mol. The first kappa shape index (κ1) is 17.2. The van der Waals surface area contributed by atoms with Crippen LogP contribution in [0.1, 0.15) is 15.9 Å². The minimum atomic E-state index is -0.193. The van der Waals surface area contributed by atoms with E-state index in [0.717, 1.165) is 27.2 Å². The molecule has 0 saturated carbocycles. The topological polar surface area (TPSA) is 60.3 Å².